The maximum absolute atomic E-state index is 9.62. The molecule has 1 aliphatic heterocycles. The first kappa shape index (κ1) is 8.42. The van der Waals surface area contributed by atoms with Crippen LogP contribution >= 0.6 is 0 Å². The van der Waals surface area contributed by atoms with E-state index in [0.29, 0.717) is 11.8 Å². The molecule has 2 heteroatoms. The third kappa shape index (κ3) is 1.17. The molecule has 1 aromatic carbocycles. The zero-order valence-corrected chi connectivity index (χ0v) is 8.31. The van der Waals surface area contributed by atoms with Crippen LogP contribution in [-0.4, -0.2) is 11.1 Å². The van der Waals surface area contributed by atoms with Gasteiger partial charge in [0.15, 0.2) is 0 Å². The molecule has 0 aromatic heterocycles. The molecule has 0 saturated heterocycles. The minimum atomic E-state index is 0.423. The molecule has 0 fully saturated rings. The highest BCUT2D eigenvalue weighted by Crippen LogP contribution is 2.36. The number of fused-ring (bicyclic) bond motifs is 1. The second-order valence-electron chi connectivity index (χ2n) is 3.94. The summed E-state index contributed by atoms with van der Waals surface area (Å²) in [5.74, 6) is 0.423. The number of phenols is 1. The van der Waals surface area contributed by atoms with Gasteiger partial charge in [-0.15, -0.1) is 0 Å². The molecule has 1 aliphatic rings. The number of hydrogen-bond donors (Lipinski definition) is 2. The van der Waals surface area contributed by atoms with E-state index in [4.69, 9.17) is 0 Å². The monoisotopic (exact) mass is 177 g/mol. The summed E-state index contributed by atoms with van der Waals surface area (Å²) in [6.07, 6.45) is 1.02. The number of nitrogens with one attached hydrogen (secondary N) is 1. The fourth-order valence-electron chi connectivity index (χ4n) is 2.03. The van der Waals surface area contributed by atoms with E-state index in [1.165, 1.54) is 11.3 Å². The molecule has 13 heavy (non-hydrogen) atoms. The number of aromatic hydroxyl groups is 1. The Labute approximate surface area is 78.6 Å². The van der Waals surface area contributed by atoms with E-state index in [9.17, 15) is 5.11 Å². The highest BCUT2D eigenvalue weighted by molar-refractivity contribution is 5.67. The molecule has 0 saturated carbocycles. The van der Waals surface area contributed by atoms with Gasteiger partial charge >= 0.3 is 0 Å². The van der Waals surface area contributed by atoms with Crippen molar-refractivity contribution < 1.29 is 5.11 Å². The Balaban J connectivity index is 2.62. The van der Waals surface area contributed by atoms with E-state index < -0.39 is 0 Å². The lowest BCUT2D eigenvalue weighted by Gasteiger charge is -2.09. The van der Waals surface area contributed by atoms with Crippen LogP contribution in [0, 0.1) is 13.8 Å². The maximum Gasteiger partial charge on any atom is 0.119 e. The van der Waals surface area contributed by atoms with Gasteiger partial charge in [0.1, 0.15) is 5.75 Å². The fourth-order valence-corrected chi connectivity index (χ4v) is 2.03. The molecule has 0 bridgehead atoms. The van der Waals surface area contributed by atoms with Gasteiger partial charge in [-0.05, 0) is 49.9 Å². The first-order valence-electron chi connectivity index (χ1n) is 4.68. The summed E-state index contributed by atoms with van der Waals surface area (Å²) in [6.45, 7) is 6.17. The third-order valence-electron chi connectivity index (χ3n) is 2.79. The Morgan fingerprint density at radius 3 is 2.85 bits per heavy atom. The Morgan fingerprint density at radius 1 is 1.46 bits per heavy atom. The minimum Gasteiger partial charge on any atom is -0.508 e. The first-order chi connectivity index (χ1) is 6.09. The van der Waals surface area contributed by atoms with Crippen molar-refractivity contribution >= 4 is 5.69 Å². The molecule has 0 spiro atoms. The van der Waals surface area contributed by atoms with E-state index in [1.54, 1.807) is 0 Å². The van der Waals surface area contributed by atoms with Crippen LogP contribution in [0.15, 0.2) is 6.07 Å². The van der Waals surface area contributed by atoms with E-state index in [1.807, 2.05) is 19.9 Å². The van der Waals surface area contributed by atoms with Gasteiger partial charge in [-0.1, -0.05) is 0 Å². The summed E-state index contributed by atoms with van der Waals surface area (Å²) in [5.41, 5.74) is 4.67. The average Bonchev–Trinajstić information content (AvgIpc) is 2.44. The second-order valence-corrected chi connectivity index (χ2v) is 3.94. The van der Waals surface area contributed by atoms with E-state index in [2.05, 4.69) is 12.2 Å². The van der Waals surface area contributed by atoms with Crippen LogP contribution in [0.25, 0.3) is 0 Å². The predicted molar refractivity (Wildman–Crippen MR) is 54.4 cm³/mol. The van der Waals surface area contributed by atoms with Crippen molar-refractivity contribution in [3.63, 3.8) is 0 Å². The van der Waals surface area contributed by atoms with Gasteiger partial charge in [0.25, 0.3) is 0 Å². The highest BCUT2D eigenvalue weighted by atomic mass is 16.3. The van der Waals surface area contributed by atoms with Crippen LogP contribution in [0.3, 0.4) is 0 Å². The van der Waals surface area contributed by atoms with Crippen LogP contribution in [0.4, 0.5) is 5.69 Å². The van der Waals surface area contributed by atoms with Gasteiger partial charge in [0.05, 0.1) is 0 Å². The Morgan fingerprint density at radius 2 is 2.15 bits per heavy atom. The number of benzene rings is 1. The number of aryl methyl sites for hydroxylation is 1. The molecule has 1 heterocycles. The molecule has 0 aliphatic carbocycles. The van der Waals surface area contributed by atoms with Crippen molar-refractivity contribution in [2.75, 3.05) is 5.32 Å². The van der Waals surface area contributed by atoms with Crippen LogP contribution in [0.5, 0.6) is 5.75 Å². The van der Waals surface area contributed by atoms with Gasteiger partial charge in [0, 0.05) is 11.7 Å². The van der Waals surface area contributed by atoms with E-state index in [0.717, 1.165) is 17.5 Å². The fraction of sp³-hybridized carbons (Fsp3) is 0.455. The van der Waals surface area contributed by atoms with Gasteiger partial charge < -0.3 is 10.4 Å². The summed E-state index contributed by atoms with van der Waals surface area (Å²) in [5, 5.41) is 13.0. The maximum atomic E-state index is 9.62. The van der Waals surface area contributed by atoms with E-state index in [-0.39, 0.29) is 0 Å². The van der Waals surface area contributed by atoms with Crippen LogP contribution in [0.1, 0.15) is 23.6 Å². The zero-order chi connectivity index (χ0) is 9.59. The highest BCUT2D eigenvalue weighted by Gasteiger charge is 2.21. The average molecular weight is 177 g/mol. The first-order valence-corrected chi connectivity index (χ1v) is 4.68. The molecular weight excluding hydrogens is 162 g/mol. The van der Waals surface area contributed by atoms with Crippen molar-refractivity contribution in [1.29, 1.82) is 0 Å². The van der Waals surface area contributed by atoms with Crippen LogP contribution in [0.2, 0.25) is 0 Å². The Hall–Kier alpha value is -1.18. The quantitative estimate of drug-likeness (QED) is 0.596. The topological polar surface area (TPSA) is 32.3 Å². The number of rotatable bonds is 0. The standard InChI is InChI=1S/C11H15NO/c1-6-4-10(13)8(3)9-5-7(2)12-11(6)9/h4,7,12-13H,5H2,1-3H3. The number of hydrogen-bond acceptors (Lipinski definition) is 2. The van der Waals surface area contributed by atoms with Crippen molar-refractivity contribution in [2.24, 2.45) is 0 Å². The van der Waals surface area contributed by atoms with Gasteiger partial charge in [-0.25, -0.2) is 0 Å². The Bertz CT molecular complexity index is 358. The van der Waals surface area contributed by atoms with Gasteiger partial charge in [-0.3, -0.25) is 0 Å². The van der Waals surface area contributed by atoms with E-state index >= 15 is 0 Å². The minimum absolute atomic E-state index is 0.423. The van der Waals surface area contributed by atoms with Crippen molar-refractivity contribution in [3.05, 3.63) is 22.8 Å². The number of phenolic OH excluding ortho intramolecular Hbond substituents is 1. The Kier molecular flexibility index (Phi) is 1.72. The lowest BCUT2D eigenvalue weighted by molar-refractivity contribution is 0.470. The normalized spacial score (nSPS) is 19.8. The van der Waals surface area contributed by atoms with Crippen LogP contribution in [-0.2, 0) is 6.42 Å². The SMILES string of the molecule is Cc1cc(O)c(C)c2c1NC(C)C2. The summed E-state index contributed by atoms with van der Waals surface area (Å²) < 4.78 is 0. The summed E-state index contributed by atoms with van der Waals surface area (Å²) >= 11 is 0. The van der Waals surface area contributed by atoms with Crippen molar-refractivity contribution in [3.8, 4) is 5.75 Å². The molecule has 70 valence electrons. The summed E-state index contributed by atoms with van der Waals surface area (Å²) in [7, 11) is 0. The largest absolute Gasteiger partial charge is 0.508 e. The smallest absolute Gasteiger partial charge is 0.119 e. The molecule has 1 unspecified atom stereocenters. The summed E-state index contributed by atoms with van der Waals surface area (Å²) in [4.78, 5) is 0. The molecule has 1 aromatic rings. The third-order valence-corrected chi connectivity index (χ3v) is 2.79. The zero-order valence-electron chi connectivity index (χ0n) is 8.31. The van der Waals surface area contributed by atoms with Gasteiger partial charge in [0.2, 0.25) is 0 Å². The lowest BCUT2D eigenvalue weighted by Crippen LogP contribution is -2.08. The lowest BCUT2D eigenvalue weighted by atomic mass is 10.0. The number of anilines is 1. The molecule has 2 nitrogen and oxygen atoms in total. The molecule has 2 rings (SSSR count). The molecule has 2 N–H and O–H groups in total. The van der Waals surface area contributed by atoms with Crippen LogP contribution < -0.4 is 5.32 Å². The molecular formula is C11H15NO. The van der Waals surface area contributed by atoms with Crippen molar-refractivity contribution in [1.82, 2.24) is 0 Å². The van der Waals surface area contributed by atoms with Crippen molar-refractivity contribution in [2.45, 2.75) is 33.2 Å². The summed E-state index contributed by atoms with van der Waals surface area (Å²) in [6, 6.07) is 2.33. The molecule has 0 radical (unpaired) electrons. The van der Waals surface area contributed by atoms with Gasteiger partial charge in [-0.2, -0.15) is 0 Å². The second kappa shape index (κ2) is 2.66. The molecule has 0 amide bonds. The molecule has 1 atom stereocenters. The predicted octanol–water partition coefficient (Wildman–Crippen LogP) is 2.37.